The van der Waals surface area contributed by atoms with Crippen LogP contribution >= 0.6 is 11.6 Å². The van der Waals surface area contributed by atoms with Crippen molar-refractivity contribution in [2.75, 3.05) is 5.73 Å². The third kappa shape index (κ3) is 4.22. The molecule has 0 radical (unpaired) electrons. The maximum atomic E-state index is 11.3. The van der Waals surface area contributed by atoms with E-state index in [0.29, 0.717) is 22.7 Å². The Bertz CT molecular complexity index is 407. The van der Waals surface area contributed by atoms with E-state index in [1.165, 1.54) is 0 Å². The summed E-state index contributed by atoms with van der Waals surface area (Å²) in [6.45, 7) is 2.13. The highest BCUT2D eigenvalue weighted by Crippen LogP contribution is 2.30. The molecule has 0 heterocycles. The van der Waals surface area contributed by atoms with Crippen molar-refractivity contribution in [1.82, 2.24) is 0 Å². The molecule has 3 N–H and O–H groups in total. The molecule has 18 heavy (non-hydrogen) atoms. The average molecular weight is 270 g/mol. The summed E-state index contributed by atoms with van der Waals surface area (Å²) in [5.74, 6) is -1.39. The number of anilines is 1. The van der Waals surface area contributed by atoms with Gasteiger partial charge in [0.15, 0.2) is 0 Å². The van der Waals surface area contributed by atoms with E-state index in [9.17, 15) is 9.90 Å². The molecule has 0 spiro atoms. The summed E-state index contributed by atoms with van der Waals surface area (Å²) >= 11 is 5.90. The van der Waals surface area contributed by atoms with Crippen molar-refractivity contribution in [3.05, 3.63) is 28.8 Å². The van der Waals surface area contributed by atoms with Crippen molar-refractivity contribution in [3.8, 4) is 0 Å². The van der Waals surface area contributed by atoms with Gasteiger partial charge < -0.3 is 10.8 Å². The molecule has 0 bridgehead atoms. The molecule has 4 heteroatoms. The van der Waals surface area contributed by atoms with Crippen molar-refractivity contribution >= 4 is 23.3 Å². The average Bonchev–Trinajstić information content (AvgIpc) is 2.32. The first-order valence-electron chi connectivity index (χ1n) is 6.34. The van der Waals surface area contributed by atoms with E-state index in [4.69, 9.17) is 17.3 Å². The molecule has 0 aliphatic heterocycles. The SMILES string of the molecule is CCCCCCC(C(=O)O)c1cc(Cl)ccc1N. The predicted molar refractivity (Wildman–Crippen MR) is 75.0 cm³/mol. The Balaban J connectivity index is 2.77. The molecule has 1 aromatic rings. The number of carbonyl (C=O) groups is 1. The van der Waals surface area contributed by atoms with E-state index >= 15 is 0 Å². The van der Waals surface area contributed by atoms with Gasteiger partial charge in [0.2, 0.25) is 0 Å². The molecule has 0 amide bonds. The zero-order chi connectivity index (χ0) is 13.5. The molecule has 0 saturated heterocycles. The van der Waals surface area contributed by atoms with Crippen molar-refractivity contribution in [1.29, 1.82) is 0 Å². The first-order chi connectivity index (χ1) is 8.56. The normalized spacial score (nSPS) is 12.3. The number of nitrogens with two attached hydrogens (primary N) is 1. The number of unbranched alkanes of at least 4 members (excludes halogenated alkanes) is 3. The Kier molecular flexibility index (Phi) is 5.99. The lowest BCUT2D eigenvalue weighted by Gasteiger charge is -2.15. The van der Waals surface area contributed by atoms with Crippen LogP contribution in [0.2, 0.25) is 5.02 Å². The van der Waals surface area contributed by atoms with E-state index in [0.717, 1.165) is 25.7 Å². The minimum absolute atomic E-state index is 0.502. The van der Waals surface area contributed by atoms with E-state index < -0.39 is 11.9 Å². The minimum Gasteiger partial charge on any atom is -0.481 e. The number of hydrogen-bond acceptors (Lipinski definition) is 2. The van der Waals surface area contributed by atoms with Crippen LogP contribution in [0.5, 0.6) is 0 Å². The second kappa shape index (κ2) is 7.27. The van der Waals surface area contributed by atoms with Crippen molar-refractivity contribution in [2.45, 2.75) is 44.9 Å². The van der Waals surface area contributed by atoms with Crippen molar-refractivity contribution in [3.63, 3.8) is 0 Å². The molecule has 0 fully saturated rings. The zero-order valence-corrected chi connectivity index (χ0v) is 11.4. The quantitative estimate of drug-likeness (QED) is 0.579. The number of nitrogen functional groups attached to an aromatic ring is 1. The van der Waals surface area contributed by atoms with Crippen LogP contribution in [0.4, 0.5) is 5.69 Å². The summed E-state index contributed by atoms with van der Waals surface area (Å²) in [6, 6.07) is 5.01. The third-order valence-corrected chi connectivity index (χ3v) is 3.30. The number of carboxylic acids is 1. The van der Waals surface area contributed by atoms with E-state index in [2.05, 4.69) is 6.92 Å². The lowest BCUT2D eigenvalue weighted by molar-refractivity contribution is -0.139. The van der Waals surface area contributed by atoms with Gasteiger partial charge in [-0.15, -0.1) is 0 Å². The standard InChI is InChI=1S/C14H20ClNO2/c1-2-3-4-5-6-11(14(17)18)12-9-10(15)7-8-13(12)16/h7-9,11H,2-6,16H2,1H3,(H,17,18). The van der Waals surface area contributed by atoms with Crippen LogP contribution in [0.3, 0.4) is 0 Å². The maximum Gasteiger partial charge on any atom is 0.311 e. The Hall–Kier alpha value is -1.22. The Labute approximate surface area is 113 Å². The maximum absolute atomic E-state index is 11.3. The van der Waals surface area contributed by atoms with E-state index in [1.54, 1.807) is 18.2 Å². The van der Waals surface area contributed by atoms with Crippen LogP contribution in [-0.4, -0.2) is 11.1 Å². The molecule has 1 atom stereocenters. The monoisotopic (exact) mass is 269 g/mol. The summed E-state index contributed by atoms with van der Waals surface area (Å²) < 4.78 is 0. The van der Waals surface area contributed by atoms with Crippen LogP contribution in [-0.2, 0) is 4.79 Å². The summed E-state index contributed by atoms with van der Waals surface area (Å²) in [5.41, 5.74) is 6.97. The van der Waals surface area contributed by atoms with Gasteiger partial charge in [0.25, 0.3) is 0 Å². The molecule has 0 aromatic heterocycles. The molecule has 1 rings (SSSR count). The Morgan fingerprint density at radius 1 is 1.39 bits per heavy atom. The van der Waals surface area contributed by atoms with Gasteiger partial charge in [-0.25, -0.2) is 0 Å². The van der Waals surface area contributed by atoms with E-state index in [1.807, 2.05) is 0 Å². The van der Waals surface area contributed by atoms with Gasteiger partial charge >= 0.3 is 5.97 Å². The summed E-state index contributed by atoms with van der Waals surface area (Å²) in [5, 5.41) is 9.83. The van der Waals surface area contributed by atoms with Crippen molar-refractivity contribution in [2.24, 2.45) is 0 Å². The Morgan fingerprint density at radius 2 is 2.11 bits per heavy atom. The smallest absolute Gasteiger partial charge is 0.311 e. The fourth-order valence-corrected chi connectivity index (χ4v) is 2.22. The second-order valence-electron chi connectivity index (χ2n) is 4.51. The molecule has 1 aromatic carbocycles. The van der Waals surface area contributed by atoms with Gasteiger partial charge in [-0.05, 0) is 30.2 Å². The number of aliphatic carboxylic acids is 1. The second-order valence-corrected chi connectivity index (χ2v) is 4.95. The van der Waals surface area contributed by atoms with Gasteiger partial charge in [-0.2, -0.15) is 0 Å². The van der Waals surface area contributed by atoms with Gasteiger partial charge in [-0.1, -0.05) is 44.2 Å². The number of halogens is 1. The van der Waals surface area contributed by atoms with Crippen LogP contribution in [0.1, 0.15) is 50.5 Å². The lowest BCUT2D eigenvalue weighted by Crippen LogP contribution is -2.13. The highest BCUT2D eigenvalue weighted by molar-refractivity contribution is 6.30. The number of rotatable bonds is 7. The van der Waals surface area contributed by atoms with Crippen LogP contribution < -0.4 is 5.73 Å². The molecule has 1 unspecified atom stereocenters. The highest BCUT2D eigenvalue weighted by Gasteiger charge is 2.21. The topological polar surface area (TPSA) is 63.3 Å². The van der Waals surface area contributed by atoms with Gasteiger partial charge in [0.05, 0.1) is 5.92 Å². The molecular weight excluding hydrogens is 250 g/mol. The van der Waals surface area contributed by atoms with Crippen LogP contribution in [0.25, 0.3) is 0 Å². The number of benzene rings is 1. The molecule has 0 saturated carbocycles. The molecule has 0 aliphatic carbocycles. The van der Waals surface area contributed by atoms with Gasteiger partial charge in [0, 0.05) is 10.7 Å². The lowest BCUT2D eigenvalue weighted by atomic mass is 9.92. The molecule has 100 valence electrons. The van der Waals surface area contributed by atoms with Crippen LogP contribution in [0, 0.1) is 0 Å². The number of hydrogen-bond donors (Lipinski definition) is 2. The highest BCUT2D eigenvalue weighted by atomic mass is 35.5. The number of carboxylic acid groups (broad SMARTS) is 1. The molecular formula is C14H20ClNO2. The summed E-state index contributed by atoms with van der Waals surface area (Å²) in [6.07, 6.45) is 4.84. The summed E-state index contributed by atoms with van der Waals surface area (Å²) in [7, 11) is 0. The zero-order valence-electron chi connectivity index (χ0n) is 10.7. The largest absolute Gasteiger partial charge is 0.481 e. The fourth-order valence-electron chi connectivity index (χ4n) is 2.03. The predicted octanol–water partition coefficient (Wildman–Crippen LogP) is 4.06. The third-order valence-electron chi connectivity index (χ3n) is 3.07. The Morgan fingerprint density at radius 3 is 2.72 bits per heavy atom. The minimum atomic E-state index is -0.833. The molecule has 3 nitrogen and oxygen atoms in total. The van der Waals surface area contributed by atoms with Gasteiger partial charge in [-0.3, -0.25) is 4.79 Å². The van der Waals surface area contributed by atoms with E-state index in [-0.39, 0.29) is 0 Å². The fraction of sp³-hybridized carbons (Fsp3) is 0.500. The first kappa shape index (κ1) is 14.8. The van der Waals surface area contributed by atoms with Crippen molar-refractivity contribution < 1.29 is 9.90 Å². The van der Waals surface area contributed by atoms with Gasteiger partial charge in [0.1, 0.15) is 0 Å². The first-order valence-corrected chi connectivity index (χ1v) is 6.71. The van der Waals surface area contributed by atoms with Crippen LogP contribution in [0.15, 0.2) is 18.2 Å². The summed E-state index contributed by atoms with van der Waals surface area (Å²) in [4.78, 5) is 11.3. The molecule has 0 aliphatic rings.